The Morgan fingerprint density at radius 3 is 0.846 bits per heavy atom. The minimum Gasteiger partial charge on any atom is -0.341 e. The SMILES string of the molecule is CC(C)C.C[C-](C)C.[CH2-]C(C)C.[Y]. The van der Waals surface area contributed by atoms with E-state index in [2.05, 4.69) is 62.3 Å². The fourth-order valence-electron chi connectivity index (χ4n) is 0. The molecule has 0 nitrogen and oxygen atoms in total. The minimum atomic E-state index is 0. The van der Waals surface area contributed by atoms with Crippen molar-refractivity contribution < 1.29 is 32.7 Å². The average molecular weight is 261 g/mol. The molecule has 1 heteroatoms. The van der Waals surface area contributed by atoms with E-state index in [0.29, 0.717) is 5.92 Å². The molecule has 0 fully saturated rings. The van der Waals surface area contributed by atoms with Crippen molar-refractivity contribution in [2.75, 3.05) is 0 Å². The quantitative estimate of drug-likeness (QED) is 0.552. The van der Waals surface area contributed by atoms with Gasteiger partial charge >= 0.3 is 0 Å². The van der Waals surface area contributed by atoms with E-state index in [1.54, 1.807) is 0 Å². The molecule has 1 radical (unpaired) electrons. The molecule has 0 saturated carbocycles. The molecule has 0 bridgehead atoms. The topological polar surface area (TPSA) is 0 Å². The van der Waals surface area contributed by atoms with Gasteiger partial charge in [-0.2, -0.15) is 26.7 Å². The van der Waals surface area contributed by atoms with Gasteiger partial charge in [0.25, 0.3) is 0 Å². The number of hydrogen-bond acceptors (Lipinski definition) is 0. The first-order chi connectivity index (χ1) is 5.20. The summed E-state index contributed by atoms with van der Waals surface area (Å²) in [5.74, 6) is 2.83. The van der Waals surface area contributed by atoms with E-state index >= 15 is 0 Å². The molecule has 0 unspecified atom stereocenters. The summed E-state index contributed by atoms with van der Waals surface area (Å²) in [6.07, 6.45) is 0. The van der Waals surface area contributed by atoms with Crippen LogP contribution in [0.5, 0.6) is 0 Å². The molecule has 0 N–H and O–H groups in total. The van der Waals surface area contributed by atoms with Crippen molar-refractivity contribution in [2.24, 2.45) is 11.8 Å². The van der Waals surface area contributed by atoms with Crippen molar-refractivity contribution in [3.05, 3.63) is 12.8 Å². The Labute approximate surface area is 112 Å². The summed E-state index contributed by atoms with van der Waals surface area (Å²) in [6, 6.07) is 0. The number of rotatable bonds is 0. The van der Waals surface area contributed by atoms with Gasteiger partial charge in [-0.15, -0.1) is 0 Å². The van der Waals surface area contributed by atoms with E-state index in [1.165, 1.54) is 5.92 Å². The molecule has 0 aliphatic carbocycles. The molecule has 0 aromatic heterocycles. The van der Waals surface area contributed by atoms with Crippen LogP contribution in [0, 0.1) is 24.7 Å². The molecular weight excluding hydrogens is 233 g/mol. The van der Waals surface area contributed by atoms with E-state index < -0.39 is 0 Å². The molecule has 0 atom stereocenters. The third-order valence-electron chi connectivity index (χ3n) is 0. The van der Waals surface area contributed by atoms with Crippen LogP contribution in [-0.2, 0) is 32.7 Å². The molecule has 0 aliphatic heterocycles. The second-order valence-corrected chi connectivity index (χ2v) is 4.63. The van der Waals surface area contributed by atoms with E-state index in [0.717, 1.165) is 5.92 Å². The van der Waals surface area contributed by atoms with Crippen LogP contribution in [0.25, 0.3) is 0 Å². The zero-order chi connectivity index (χ0) is 10.7. The summed E-state index contributed by atoms with van der Waals surface area (Å²) < 4.78 is 0. The fraction of sp³-hybridized carbons (Fsp3) is 0.833. The molecule has 13 heavy (non-hydrogen) atoms. The van der Waals surface area contributed by atoms with Crippen molar-refractivity contribution >= 4 is 0 Å². The van der Waals surface area contributed by atoms with Gasteiger partial charge in [-0.25, -0.2) is 0 Å². The van der Waals surface area contributed by atoms with Crippen molar-refractivity contribution in [1.82, 2.24) is 0 Å². The maximum absolute atomic E-state index is 3.64. The first-order valence-corrected chi connectivity index (χ1v) is 4.79. The molecule has 0 amide bonds. The van der Waals surface area contributed by atoms with Crippen LogP contribution in [0.2, 0.25) is 0 Å². The Morgan fingerprint density at radius 2 is 0.846 bits per heavy atom. The van der Waals surface area contributed by atoms with Crippen LogP contribution in [-0.4, -0.2) is 0 Å². The molecule has 0 heterocycles. The van der Waals surface area contributed by atoms with Gasteiger partial charge in [0, 0.05) is 32.7 Å². The Bertz CT molecular complexity index is 33.6. The molecule has 0 aromatic rings. The van der Waals surface area contributed by atoms with E-state index in [-0.39, 0.29) is 32.7 Å². The van der Waals surface area contributed by atoms with Crippen LogP contribution >= 0.6 is 0 Å². The third-order valence-corrected chi connectivity index (χ3v) is 0. The van der Waals surface area contributed by atoms with Gasteiger partial charge in [0.2, 0.25) is 0 Å². The smallest absolute Gasteiger partial charge is 0 e. The van der Waals surface area contributed by atoms with Gasteiger partial charge in [0.1, 0.15) is 0 Å². The second-order valence-electron chi connectivity index (χ2n) is 4.63. The molecule has 0 spiro atoms. The summed E-state index contributed by atoms with van der Waals surface area (Å²) in [6.45, 7) is 20.5. The molecule has 0 saturated heterocycles. The molecule has 81 valence electrons. The summed E-state index contributed by atoms with van der Waals surface area (Å²) in [4.78, 5) is 0. The zero-order valence-corrected chi connectivity index (χ0v) is 13.8. The first kappa shape index (κ1) is 23.7. The van der Waals surface area contributed by atoms with Crippen LogP contribution < -0.4 is 0 Å². The van der Waals surface area contributed by atoms with Crippen molar-refractivity contribution in [3.63, 3.8) is 0 Å². The van der Waals surface area contributed by atoms with Crippen LogP contribution in [0.3, 0.4) is 0 Å². The summed E-state index contributed by atoms with van der Waals surface area (Å²) in [5, 5.41) is 0. The van der Waals surface area contributed by atoms with Gasteiger partial charge in [-0.1, -0.05) is 34.6 Å². The van der Waals surface area contributed by atoms with Gasteiger partial charge in [0.05, 0.1) is 0 Å². The Hall–Kier alpha value is 1.10. The van der Waals surface area contributed by atoms with Crippen LogP contribution in [0.4, 0.5) is 0 Å². The van der Waals surface area contributed by atoms with Gasteiger partial charge in [0.15, 0.2) is 0 Å². The standard InChI is InChI=1S/C4H10.2C4H9.Y/c3*1-4(2)3;/h4H,1-3H3;1-3H3;4H,1H2,2-3H3;/q;2*-1;. The van der Waals surface area contributed by atoms with E-state index in [1.807, 2.05) is 0 Å². The summed E-state index contributed by atoms with van der Waals surface area (Å²) in [7, 11) is 0. The minimum absolute atomic E-state index is 0. The van der Waals surface area contributed by atoms with Crippen molar-refractivity contribution in [2.45, 2.75) is 55.4 Å². The molecule has 0 rings (SSSR count). The number of hydrogen-bond donors (Lipinski definition) is 0. The third kappa shape index (κ3) is 1330. The average Bonchev–Trinajstić information content (AvgIpc) is 1.54. The fourth-order valence-corrected chi connectivity index (χ4v) is 0. The predicted octanol–water partition coefficient (Wildman–Crippen LogP) is 4.76. The maximum Gasteiger partial charge on any atom is 0 e. The largest absolute Gasteiger partial charge is 0.341 e. The van der Waals surface area contributed by atoms with Crippen LogP contribution in [0.15, 0.2) is 0 Å². The first-order valence-electron chi connectivity index (χ1n) is 4.79. The summed E-state index contributed by atoms with van der Waals surface area (Å²) >= 11 is 0. The molecular formula is C12H28Y-2. The maximum atomic E-state index is 3.64. The van der Waals surface area contributed by atoms with Crippen molar-refractivity contribution in [1.29, 1.82) is 0 Å². The summed E-state index contributed by atoms with van der Waals surface area (Å²) in [5.41, 5.74) is 0. The van der Waals surface area contributed by atoms with Crippen LogP contribution in [0.1, 0.15) is 55.4 Å². The predicted molar refractivity (Wildman–Crippen MR) is 61.0 cm³/mol. The molecule has 0 aliphatic rings. The van der Waals surface area contributed by atoms with Gasteiger partial charge in [-0.3, -0.25) is 0 Å². The zero-order valence-electron chi connectivity index (χ0n) is 10.9. The van der Waals surface area contributed by atoms with Crippen molar-refractivity contribution in [3.8, 4) is 0 Å². The normalized spacial score (nSPS) is 8.31. The van der Waals surface area contributed by atoms with Gasteiger partial charge < -0.3 is 12.8 Å². The van der Waals surface area contributed by atoms with E-state index in [9.17, 15) is 0 Å². The Kier molecular flexibility index (Phi) is 34.3. The molecule has 0 aromatic carbocycles. The Morgan fingerprint density at radius 1 is 0.846 bits per heavy atom. The van der Waals surface area contributed by atoms with Gasteiger partial charge in [-0.05, 0) is 5.92 Å². The Balaban J connectivity index is -0.0000000450. The van der Waals surface area contributed by atoms with E-state index in [4.69, 9.17) is 0 Å². The second kappa shape index (κ2) is 18.8. The monoisotopic (exact) mass is 261 g/mol.